The zero-order valence-corrected chi connectivity index (χ0v) is 10.6. The van der Waals surface area contributed by atoms with Gasteiger partial charge in [-0.05, 0) is 0 Å². The van der Waals surface area contributed by atoms with Crippen molar-refractivity contribution >= 4 is 23.6 Å². The first kappa shape index (κ1) is 13.8. The minimum Gasteiger partial charge on any atom is -0.618 e. The van der Waals surface area contributed by atoms with Crippen molar-refractivity contribution in [1.82, 2.24) is 5.06 Å². The molecule has 19 heavy (non-hydrogen) atoms. The summed E-state index contributed by atoms with van der Waals surface area (Å²) in [6.45, 7) is 1.28. The van der Waals surface area contributed by atoms with Gasteiger partial charge in [-0.2, -0.15) is 5.06 Å². The number of hydroxylamine groups is 5. The van der Waals surface area contributed by atoms with Gasteiger partial charge in [-0.1, -0.05) is 6.92 Å². The molecule has 3 unspecified atom stereocenters. The lowest BCUT2D eigenvalue weighted by molar-refractivity contribution is -0.697. The first-order valence-electron chi connectivity index (χ1n) is 5.90. The summed E-state index contributed by atoms with van der Waals surface area (Å²) in [4.78, 5) is 51.0. The Bertz CT molecular complexity index is 472. The second-order valence-corrected chi connectivity index (χ2v) is 4.98. The van der Waals surface area contributed by atoms with Crippen LogP contribution in [0.5, 0.6) is 0 Å². The summed E-state index contributed by atoms with van der Waals surface area (Å²) < 4.78 is -1.56. The van der Waals surface area contributed by atoms with E-state index < -0.39 is 40.1 Å². The summed E-state index contributed by atoms with van der Waals surface area (Å²) in [7, 11) is 0.971. The molecule has 3 atom stereocenters. The Morgan fingerprint density at radius 3 is 2.37 bits per heavy atom. The van der Waals surface area contributed by atoms with E-state index in [0.717, 1.165) is 7.05 Å². The number of carbonyl (C=O) groups is 4. The second kappa shape index (κ2) is 4.48. The fourth-order valence-electron chi connectivity index (χ4n) is 2.13. The minimum atomic E-state index is -1.56. The van der Waals surface area contributed by atoms with Gasteiger partial charge < -0.3 is 5.21 Å². The van der Waals surface area contributed by atoms with E-state index in [9.17, 15) is 24.4 Å². The molecule has 2 heterocycles. The van der Waals surface area contributed by atoms with Gasteiger partial charge in [-0.15, -0.1) is 0 Å². The molecule has 2 fully saturated rings. The van der Waals surface area contributed by atoms with Crippen molar-refractivity contribution in [2.24, 2.45) is 11.8 Å². The minimum absolute atomic E-state index is 0.0612. The first-order valence-corrected chi connectivity index (χ1v) is 5.90. The third-order valence-corrected chi connectivity index (χ3v) is 3.40. The molecule has 0 radical (unpaired) electrons. The number of rotatable bonds is 3. The maximum absolute atomic E-state index is 11.6. The van der Waals surface area contributed by atoms with Crippen LogP contribution in [0.25, 0.3) is 0 Å². The Hall–Kier alpha value is -1.64. The molecule has 2 rings (SSSR count). The summed E-state index contributed by atoms with van der Waals surface area (Å²) in [5.41, 5.74) is 0. The van der Waals surface area contributed by atoms with Crippen LogP contribution < -0.4 is 0 Å². The van der Waals surface area contributed by atoms with Gasteiger partial charge in [0.25, 0.3) is 11.8 Å². The smallest absolute Gasteiger partial charge is 0.327 e. The Labute approximate surface area is 109 Å². The predicted octanol–water partition coefficient (Wildman–Crippen LogP) is -0.669. The highest BCUT2D eigenvalue weighted by atomic mass is 16.7. The molecule has 0 spiro atoms. The summed E-state index contributed by atoms with van der Waals surface area (Å²) in [6, 6.07) is 0. The monoisotopic (exact) mass is 270 g/mol. The standard InChI is InChI=1S/C11H14N2O6/c1-6-3-8(14)12(10(6)16)19-5-7-4-9(15)13(2,18)11(7)17/h6-7H,3-5H2,1-2H3. The maximum Gasteiger partial charge on any atom is 0.327 e. The van der Waals surface area contributed by atoms with Crippen molar-refractivity contribution in [3.05, 3.63) is 5.21 Å². The van der Waals surface area contributed by atoms with E-state index in [1.165, 1.54) is 0 Å². The third-order valence-electron chi connectivity index (χ3n) is 3.40. The third kappa shape index (κ3) is 2.18. The molecule has 2 saturated heterocycles. The molecule has 0 aromatic rings. The van der Waals surface area contributed by atoms with E-state index >= 15 is 0 Å². The lowest BCUT2D eigenvalue weighted by atomic mass is 10.1. The molecule has 4 amide bonds. The van der Waals surface area contributed by atoms with Gasteiger partial charge in [0.05, 0.1) is 20.1 Å². The summed E-state index contributed by atoms with van der Waals surface area (Å²) in [5, 5.41) is 12.2. The Balaban J connectivity index is 1.98. The molecule has 0 N–H and O–H groups in total. The number of amides is 4. The number of hydrogen-bond acceptors (Lipinski definition) is 6. The quantitative estimate of drug-likeness (QED) is 0.383. The van der Waals surface area contributed by atoms with Gasteiger partial charge in [0.15, 0.2) is 0 Å². The van der Waals surface area contributed by atoms with Crippen molar-refractivity contribution in [3.8, 4) is 0 Å². The maximum atomic E-state index is 11.6. The fourth-order valence-corrected chi connectivity index (χ4v) is 2.13. The highest BCUT2D eigenvalue weighted by molar-refractivity contribution is 6.02. The van der Waals surface area contributed by atoms with Gasteiger partial charge in [-0.25, -0.2) is 14.2 Å². The SMILES string of the molecule is CC1CC(=O)N(OCC2CC(=O)[N+](C)([O-])C2=O)C1=O. The average Bonchev–Trinajstić information content (AvgIpc) is 2.67. The van der Waals surface area contributed by atoms with Crippen molar-refractivity contribution in [2.45, 2.75) is 19.8 Å². The van der Waals surface area contributed by atoms with Crippen molar-refractivity contribution in [1.29, 1.82) is 0 Å². The predicted molar refractivity (Wildman–Crippen MR) is 59.3 cm³/mol. The van der Waals surface area contributed by atoms with Gasteiger partial charge in [0.2, 0.25) is 0 Å². The first-order chi connectivity index (χ1) is 8.75. The van der Waals surface area contributed by atoms with Gasteiger partial charge in [0.1, 0.15) is 5.92 Å². The normalized spacial score (nSPS) is 35.6. The van der Waals surface area contributed by atoms with Crippen molar-refractivity contribution in [3.63, 3.8) is 0 Å². The zero-order valence-electron chi connectivity index (χ0n) is 10.6. The van der Waals surface area contributed by atoms with Gasteiger partial charge in [-0.3, -0.25) is 14.4 Å². The number of hydrogen-bond donors (Lipinski definition) is 0. The molecular formula is C11H14N2O6. The van der Waals surface area contributed by atoms with Crippen LogP contribution in [0, 0.1) is 17.0 Å². The van der Waals surface area contributed by atoms with Crippen LogP contribution in [0.1, 0.15) is 19.8 Å². The van der Waals surface area contributed by atoms with Crippen LogP contribution in [0.2, 0.25) is 0 Å². The zero-order chi connectivity index (χ0) is 14.4. The van der Waals surface area contributed by atoms with Crippen LogP contribution in [-0.4, -0.2) is 47.0 Å². The number of imide groups is 2. The summed E-state index contributed by atoms with van der Waals surface area (Å²) >= 11 is 0. The lowest BCUT2D eigenvalue weighted by Crippen LogP contribution is -2.44. The average molecular weight is 270 g/mol. The highest BCUT2D eigenvalue weighted by Gasteiger charge is 2.48. The number of nitrogens with zero attached hydrogens (tertiary/aromatic N) is 2. The van der Waals surface area contributed by atoms with E-state index in [4.69, 9.17) is 4.84 Å². The van der Waals surface area contributed by atoms with E-state index in [1.54, 1.807) is 6.92 Å². The van der Waals surface area contributed by atoms with Crippen LogP contribution in [-0.2, 0) is 24.0 Å². The highest BCUT2D eigenvalue weighted by Crippen LogP contribution is 2.26. The molecule has 0 saturated carbocycles. The number of quaternary nitrogens is 1. The molecular weight excluding hydrogens is 256 g/mol. The molecule has 8 nitrogen and oxygen atoms in total. The Morgan fingerprint density at radius 2 is 1.95 bits per heavy atom. The van der Waals surface area contributed by atoms with Crippen LogP contribution in [0.3, 0.4) is 0 Å². The van der Waals surface area contributed by atoms with E-state index in [-0.39, 0.29) is 19.4 Å². The molecule has 0 aromatic carbocycles. The molecule has 0 aromatic heterocycles. The molecule has 104 valence electrons. The largest absolute Gasteiger partial charge is 0.618 e. The molecule has 0 bridgehead atoms. The summed E-state index contributed by atoms with van der Waals surface area (Å²) in [5.74, 6) is -3.86. The summed E-state index contributed by atoms with van der Waals surface area (Å²) in [6.07, 6.45) is -0.170. The van der Waals surface area contributed by atoms with E-state index in [1.807, 2.05) is 0 Å². The lowest BCUT2D eigenvalue weighted by Gasteiger charge is -2.27. The van der Waals surface area contributed by atoms with Gasteiger partial charge >= 0.3 is 11.8 Å². The van der Waals surface area contributed by atoms with Crippen LogP contribution in [0.4, 0.5) is 0 Å². The van der Waals surface area contributed by atoms with E-state index in [2.05, 4.69) is 0 Å². The Kier molecular flexibility index (Phi) is 3.25. The van der Waals surface area contributed by atoms with E-state index in [0.29, 0.717) is 5.06 Å². The number of carbonyl (C=O) groups excluding carboxylic acids is 4. The van der Waals surface area contributed by atoms with Crippen LogP contribution >= 0.6 is 0 Å². The molecule has 2 aliphatic heterocycles. The topological polar surface area (TPSA) is 104 Å². The van der Waals surface area contributed by atoms with Crippen LogP contribution in [0.15, 0.2) is 0 Å². The molecule has 0 aliphatic carbocycles. The fraction of sp³-hybridized carbons (Fsp3) is 0.636. The molecule has 8 heteroatoms. The number of likely N-dealkylation sites (tertiary alicyclic amines) is 1. The van der Waals surface area contributed by atoms with Gasteiger partial charge in [0, 0.05) is 12.3 Å². The molecule has 2 aliphatic rings. The van der Waals surface area contributed by atoms with Crippen molar-refractivity contribution < 1.29 is 28.7 Å². The second-order valence-electron chi connectivity index (χ2n) is 4.98. The van der Waals surface area contributed by atoms with Crippen molar-refractivity contribution in [2.75, 3.05) is 13.7 Å². The Morgan fingerprint density at radius 1 is 1.32 bits per heavy atom.